The van der Waals surface area contributed by atoms with Crippen LogP contribution in [0.1, 0.15) is 32.6 Å². The van der Waals surface area contributed by atoms with Crippen molar-refractivity contribution in [3.05, 3.63) is 24.0 Å². The average Bonchev–Trinajstić information content (AvgIpc) is 2.89. The third-order valence-corrected chi connectivity index (χ3v) is 5.80. The van der Waals surface area contributed by atoms with Crippen LogP contribution in [0.25, 0.3) is 0 Å². The molecule has 0 aromatic heterocycles. The summed E-state index contributed by atoms with van der Waals surface area (Å²) in [6.07, 6.45) is 3.80. The lowest BCUT2D eigenvalue weighted by molar-refractivity contribution is -0.121. The van der Waals surface area contributed by atoms with Crippen LogP contribution in [0.5, 0.6) is 0 Å². The number of nitrogens with one attached hydrogen (secondary N) is 1. The molecule has 2 rings (SSSR count). The number of anilines is 1. The summed E-state index contributed by atoms with van der Waals surface area (Å²) in [7, 11) is -3.96. The molecule has 3 N–H and O–H groups in total. The maximum Gasteiger partial charge on any atom is 0.238 e. The van der Waals surface area contributed by atoms with Crippen molar-refractivity contribution in [3.8, 4) is 0 Å². The normalized spacial score (nSPS) is 17.6. The Morgan fingerprint density at radius 1 is 1.33 bits per heavy atom. The molecule has 1 atom stereocenters. The summed E-state index contributed by atoms with van der Waals surface area (Å²) < 4.78 is 38.0. The Kier molecular flexibility index (Phi) is 4.51. The number of nitrogens with two attached hydrogens (primary N) is 1. The molecule has 1 aromatic rings. The molecule has 0 aliphatic heterocycles. The molecule has 1 aliphatic carbocycles. The Labute approximate surface area is 123 Å². The predicted octanol–water partition coefficient (Wildman–Crippen LogP) is 1.63. The van der Waals surface area contributed by atoms with Crippen LogP contribution in [0.2, 0.25) is 0 Å². The quantitative estimate of drug-likeness (QED) is 0.827. The topological polar surface area (TPSA) is 89.3 Å². The number of rotatable bonds is 4. The number of benzene rings is 1. The first-order chi connectivity index (χ1) is 9.80. The smallest absolute Gasteiger partial charge is 0.238 e. The first-order valence-electron chi connectivity index (χ1n) is 6.91. The van der Waals surface area contributed by atoms with E-state index in [0.29, 0.717) is 0 Å². The van der Waals surface area contributed by atoms with Crippen molar-refractivity contribution in [1.29, 1.82) is 0 Å². The zero-order chi connectivity index (χ0) is 15.6. The van der Waals surface area contributed by atoms with Gasteiger partial charge < -0.3 is 11.1 Å². The van der Waals surface area contributed by atoms with Gasteiger partial charge in [-0.05, 0) is 38.0 Å². The molecule has 116 valence electrons. The molecule has 1 aromatic carbocycles. The van der Waals surface area contributed by atoms with Gasteiger partial charge in [0, 0.05) is 11.7 Å². The van der Waals surface area contributed by atoms with Crippen LogP contribution >= 0.6 is 0 Å². The van der Waals surface area contributed by atoms with Gasteiger partial charge in [0.2, 0.25) is 5.91 Å². The zero-order valence-electron chi connectivity index (χ0n) is 11.8. The molecule has 1 fully saturated rings. The number of sulfone groups is 1. The van der Waals surface area contributed by atoms with Crippen LogP contribution in [-0.2, 0) is 14.6 Å². The van der Waals surface area contributed by atoms with Gasteiger partial charge in [0.15, 0.2) is 9.84 Å². The molecule has 0 spiro atoms. The third kappa shape index (κ3) is 3.53. The highest BCUT2D eigenvalue weighted by atomic mass is 32.2. The summed E-state index contributed by atoms with van der Waals surface area (Å²) in [5.41, 5.74) is 5.47. The van der Waals surface area contributed by atoms with E-state index in [4.69, 9.17) is 5.73 Å². The first-order valence-corrected chi connectivity index (χ1v) is 8.45. The van der Waals surface area contributed by atoms with Crippen molar-refractivity contribution in [3.63, 3.8) is 0 Å². The van der Waals surface area contributed by atoms with Crippen molar-refractivity contribution >= 4 is 21.4 Å². The summed E-state index contributed by atoms with van der Waals surface area (Å²) in [6, 6.07) is 3.11. The molecule has 21 heavy (non-hydrogen) atoms. The lowest BCUT2D eigenvalue weighted by atomic mass is 10.2. The van der Waals surface area contributed by atoms with E-state index in [1.807, 2.05) is 0 Å². The molecule has 0 bridgehead atoms. The van der Waals surface area contributed by atoms with E-state index in [-0.39, 0.29) is 16.6 Å². The lowest BCUT2D eigenvalue weighted by Crippen LogP contribution is -2.42. The average molecular weight is 314 g/mol. The molecule has 1 aliphatic rings. The predicted molar refractivity (Wildman–Crippen MR) is 77.9 cm³/mol. The minimum Gasteiger partial charge on any atom is -0.399 e. The second-order valence-corrected chi connectivity index (χ2v) is 7.67. The van der Waals surface area contributed by atoms with Crippen LogP contribution in [0.15, 0.2) is 23.1 Å². The molecule has 0 heterocycles. The summed E-state index contributed by atoms with van der Waals surface area (Å²) >= 11 is 0. The Morgan fingerprint density at radius 3 is 2.52 bits per heavy atom. The second kappa shape index (κ2) is 6.01. The first kappa shape index (κ1) is 15.8. The Balaban J connectivity index is 2.19. The molecule has 1 amide bonds. The van der Waals surface area contributed by atoms with Crippen molar-refractivity contribution in [1.82, 2.24) is 5.32 Å². The SMILES string of the molecule is CC(C(=O)NC1CCCC1)S(=O)(=O)c1cc(N)cc(F)c1. The fourth-order valence-electron chi connectivity index (χ4n) is 2.48. The number of carbonyl (C=O) groups excluding carboxylic acids is 1. The van der Waals surface area contributed by atoms with E-state index < -0.39 is 26.8 Å². The summed E-state index contributed by atoms with van der Waals surface area (Å²) in [6.45, 7) is 1.31. The summed E-state index contributed by atoms with van der Waals surface area (Å²) in [4.78, 5) is 11.8. The van der Waals surface area contributed by atoms with Gasteiger partial charge in [-0.1, -0.05) is 12.8 Å². The monoisotopic (exact) mass is 314 g/mol. The lowest BCUT2D eigenvalue weighted by Gasteiger charge is -2.17. The Bertz CT molecular complexity index is 619. The van der Waals surface area contributed by atoms with Crippen molar-refractivity contribution in [2.24, 2.45) is 0 Å². The fourth-order valence-corrected chi connectivity index (χ4v) is 3.82. The Hall–Kier alpha value is -1.63. The van der Waals surface area contributed by atoms with Gasteiger partial charge in [0.25, 0.3) is 0 Å². The van der Waals surface area contributed by atoms with Crippen LogP contribution in [0, 0.1) is 5.82 Å². The maximum absolute atomic E-state index is 13.3. The molecule has 1 saturated carbocycles. The minimum atomic E-state index is -3.96. The van der Waals surface area contributed by atoms with Crippen LogP contribution < -0.4 is 11.1 Å². The van der Waals surface area contributed by atoms with E-state index in [9.17, 15) is 17.6 Å². The van der Waals surface area contributed by atoms with Crippen LogP contribution in [0.3, 0.4) is 0 Å². The van der Waals surface area contributed by atoms with E-state index in [1.54, 1.807) is 0 Å². The highest BCUT2D eigenvalue weighted by Gasteiger charge is 2.32. The Morgan fingerprint density at radius 2 is 1.95 bits per heavy atom. The molecular formula is C14H19FN2O3S. The standard InChI is InChI=1S/C14H19FN2O3S/c1-9(14(18)17-12-4-2-3-5-12)21(19,20)13-7-10(15)6-11(16)8-13/h6-9,12H,2-5,16H2,1H3,(H,17,18). The van der Waals surface area contributed by atoms with E-state index >= 15 is 0 Å². The summed E-state index contributed by atoms with van der Waals surface area (Å²) in [5, 5.41) is 1.46. The molecular weight excluding hydrogens is 295 g/mol. The highest BCUT2D eigenvalue weighted by molar-refractivity contribution is 7.92. The number of carbonyl (C=O) groups is 1. The number of hydrogen-bond acceptors (Lipinski definition) is 4. The maximum atomic E-state index is 13.3. The van der Waals surface area contributed by atoms with Crippen molar-refractivity contribution in [2.75, 3.05) is 5.73 Å². The fraction of sp³-hybridized carbons (Fsp3) is 0.500. The van der Waals surface area contributed by atoms with Gasteiger partial charge in [-0.2, -0.15) is 0 Å². The highest BCUT2D eigenvalue weighted by Crippen LogP contribution is 2.22. The van der Waals surface area contributed by atoms with Gasteiger partial charge in [0.05, 0.1) is 4.90 Å². The number of amides is 1. The van der Waals surface area contributed by atoms with Gasteiger partial charge in [0.1, 0.15) is 11.1 Å². The van der Waals surface area contributed by atoms with Crippen LogP contribution in [0.4, 0.5) is 10.1 Å². The number of hydrogen-bond donors (Lipinski definition) is 2. The molecule has 5 nitrogen and oxygen atoms in total. The third-order valence-electron chi connectivity index (χ3n) is 3.76. The van der Waals surface area contributed by atoms with E-state index in [2.05, 4.69) is 5.32 Å². The van der Waals surface area contributed by atoms with Gasteiger partial charge in [-0.15, -0.1) is 0 Å². The summed E-state index contributed by atoms with van der Waals surface area (Å²) in [5.74, 6) is -1.29. The number of nitrogen functional groups attached to an aromatic ring is 1. The zero-order valence-corrected chi connectivity index (χ0v) is 12.6. The van der Waals surface area contributed by atoms with Crippen molar-refractivity contribution < 1.29 is 17.6 Å². The van der Waals surface area contributed by atoms with Gasteiger partial charge >= 0.3 is 0 Å². The van der Waals surface area contributed by atoms with Crippen LogP contribution in [-0.4, -0.2) is 25.6 Å². The molecule has 0 saturated heterocycles. The van der Waals surface area contributed by atoms with E-state index in [0.717, 1.165) is 43.9 Å². The molecule has 0 radical (unpaired) electrons. The minimum absolute atomic E-state index is 0.0111. The van der Waals surface area contributed by atoms with Gasteiger partial charge in [-0.25, -0.2) is 12.8 Å². The molecule has 1 unspecified atom stereocenters. The second-order valence-electron chi connectivity index (χ2n) is 5.40. The largest absolute Gasteiger partial charge is 0.399 e. The van der Waals surface area contributed by atoms with Gasteiger partial charge in [-0.3, -0.25) is 4.79 Å². The molecule has 7 heteroatoms. The van der Waals surface area contributed by atoms with Crippen molar-refractivity contribution in [2.45, 2.75) is 48.8 Å². The van der Waals surface area contributed by atoms with E-state index in [1.165, 1.54) is 6.92 Å². The number of halogens is 1.